The van der Waals surface area contributed by atoms with E-state index in [0.717, 1.165) is 0 Å². The van der Waals surface area contributed by atoms with E-state index in [0.29, 0.717) is 34.5 Å². The lowest BCUT2D eigenvalue weighted by atomic mass is 10.1. The summed E-state index contributed by atoms with van der Waals surface area (Å²) in [4.78, 5) is 24.5. The summed E-state index contributed by atoms with van der Waals surface area (Å²) in [5.41, 5.74) is 0.565. The molecule has 0 aliphatic heterocycles. The number of ketones is 1. The maximum atomic E-state index is 13.7. The quantitative estimate of drug-likeness (QED) is 0.280. The molecular formula is C22H20ClFN4O2S. The number of amides is 1. The average molecular weight is 459 g/mol. The summed E-state index contributed by atoms with van der Waals surface area (Å²) in [7, 11) is 0. The molecule has 31 heavy (non-hydrogen) atoms. The minimum absolute atomic E-state index is 0.00739. The van der Waals surface area contributed by atoms with Crippen molar-refractivity contribution in [1.82, 2.24) is 20.1 Å². The zero-order valence-electron chi connectivity index (χ0n) is 16.6. The topological polar surface area (TPSA) is 76.9 Å². The fourth-order valence-electron chi connectivity index (χ4n) is 2.80. The van der Waals surface area contributed by atoms with E-state index in [4.69, 9.17) is 11.6 Å². The lowest BCUT2D eigenvalue weighted by molar-refractivity contribution is 0.0949. The van der Waals surface area contributed by atoms with Crippen LogP contribution in [0.3, 0.4) is 0 Å². The highest BCUT2D eigenvalue weighted by Crippen LogP contribution is 2.20. The molecule has 3 aromatic rings. The van der Waals surface area contributed by atoms with Crippen LogP contribution in [0.25, 0.3) is 0 Å². The third-order valence-electron chi connectivity index (χ3n) is 4.36. The van der Waals surface area contributed by atoms with Gasteiger partial charge in [0.25, 0.3) is 5.91 Å². The molecule has 0 saturated carbocycles. The summed E-state index contributed by atoms with van der Waals surface area (Å²) < 4.78 is 15.6. The Morgan fingerprint density at radius 3 is 2.61 bits per heavy atom. The summed E-state index contributed by atoms with van der Waals surface area (Å²) in [5.74, 6) is -0.278. The fourth-order valence-corrected chi connectivity index (χ4v) is 3.79. The van der Waals surface area contributed by atoms with Gasteiger partial charge in [-0.1, -0.05) is 41.6 Å². The summed E-state index contributed by atoms with van der Waals surface area (Å²) in [6, 6.07) is 12.5. The van der Waals surface area contributed by atoms with Crippen molar-refractivity contribution >= 4 is 35.1 Å². The van der Waals surface area contributed by atoms with Gasteiger partial charge in [0.1, 0.15) is 11.6 Å². The van der Waals surface area contributed by atoms with Gasteiger partial charge in [-0.05, 0) is 36.4 Å². The van der Waals surface area contributed by atoms with E-state index >= 15 is 0 Å². The number of rotatable bonds is 10. The van der Waals surface area contributed by atoms with Crippen LogP contribution in [0.2, 0.25) is 5.02 Å². The van der Waals surface area contributed by atoms with Crippen molar-refractivity contribution < 1.29 is 14.0 Å². The standard InChI is InChI=1S/C22H20ClFN4O2S/c1-2-13-28-20(11-12-25-21(30)17-5-3-4-6-18(17)24)26-27-22(28)31-14-19(29)15-7-9-16(23)10-8-15/h2-10H,1,11-14H2,(H,25,30). The molecule has 0 bridgehead atoms. The highest BCUT2D eigenvalue weighted by molar-refractivity contribution is 7.99. The minimum Gasteiger partial charge on any atom is -0.351 e. The van der Waals surface area contributed by atoms with Gasteiger partial charge >= 0.3 is 0 Å². The maximum Gasteiger partial charge on any atom is 0.254 e. The van der Waals surface area contributed by atoms with E-state index in [9.17, 15) is 14.0 Å². The van der Waals surface area contributed by atoms with Crippen LogP contribution in [-0.2, 0) is 13.0 Å². The average Bonchev–Trinajstić information content (AvgIpc) is 3.14. The Kier molecular flexibility index (Phi) is 7.97. The number of carbonyl (C=O) groups is 2. The molecule has 160 valence electrons. The molecule has 1 heterocycles. The number of carbonyl (C=O) groups excluding carboxylic acids is 2. The van der Waals surface area contributed by atoms with E-state index in [2.05, 4.69) is 22.1 Å². The molecule has 1 amide bonds. The summed E-state index contributed by atoms with van der Waals surface area (Å²) >= 11 is 7.13. The summed E-state index contributed by atoms with van der Waals surface area (Å²) in [6.07, 6.45) is 2.10. The summed E-state index contributed by atoms with van der Waals surface area (Å²) in [5, 5.41) is 12.2. The first-order valence-electron chi connectivity index (χ1n) is 9.47. The highest BCUT2D eigenvalue weighted by atomic mass is 35.5. The number of nitrogens with one attached hydrogen (secondary N) is 1. The van der Waals surface area contributed by atoms with Crippen LogP contribution >= 0.6 is 23.4 Å². The second kappa shape index (κ2) is 10.9. The third-order valence-corrected chi connectivity index (χ3v) is 5.58. The highest BCUT2D eigenvalue weighted by Gasteiger charge is 2.15. The molecule has 9 heteroatoms. The number of Topliss-reactive ketones (excluding diaryl/α,β-unsaturated/α-hetero) is 1. The van der Waals surface area contributed by atoms with Crippen LogP contribution in [0, 0.1) is 5.82 Å². The van der Waals surface area contributed by atoms with Gasteiger partial charge in [0.2, 0.25) is 0 Å². The molecule has 0 atom stereocenters. The molecule has 0 saturated heterocycles. The molecule has 0 spiro atoms. The van der Waals surface area contributed by atoms with Gasteiger partial charge in [0.15, 0.2) is 10.9 Å². The Balaban J connectivity index is 1.60. The number of halogens is 2. The monoisotopic (exact) mass is 458 g/mol. The lowest BCUT2D eigenvalue weighted by Crippen LogP contribution is -2.27. The largest absolute Gasteiger partial charge is 0.351 e. The van der Waals surface area contributed by atoms with Crippen LogP contribution in [0.4, 0.5) is 4.39 Å². The molecule has 0 fully saturated rings. The number of hydrogen-bond donors (Lipinski definition) is 1. The molecule has 3 rings (SSSR count). The zero-order valence-corrected chi connectivity index (χ0v) is 18.1. The van der Waals surface area contributed by atoms with Crippen molar-refractivity contribution in [2.75, 3.05) is 12.3 Å². The van der Waals surface area contributed by atoms with Gasteiger partial charge in [0, 0.05) is 30.1 Å². The number of aromatic nitrogens is 3. The van der Waals surface area contributed by atoms with Crippen LogP contribution in [0.1, 0.15) is 26.5 Å². The summed E-state index contributed by atoms with van der Waals surface area (Å²) in [6.45, 7) is 4.47. The first-order chi connectivity index (χ1) is 15.0. The van der Waals surface area contributed by atoms with Crippen LogP contribution in [0.5, 0.6) is 0 Å². The van der Waals surface area contributed by atoms with Crippen molar-refractivity contribution in [1.29, 1.82) is 0 Å². The second-order valence-corrected chi connectivity index (χ2v) is 7.88. The van der Waals surface area contributed by atoms with E-state index in [1.807, 2.05) is 4.57 Å². The number of allylic oxidation sites excluding steroid dienone is 1. The van der Waals surface area contributed by atoms with Gasteiger partial charge in [0.05, 0.1) is 11.3 Å². The van der Waals surface area contributed by atoms with E-state index in [1.165, 1.54) is 30.0 Å². The number of nitrogens with zero attached hydrogens (tertiary/aromatic N) is 3. The normalized spacial score (nSPS) is 10.6. The smallest absolute Gasteiger partial charge is 0.254 e. The van der Waals surface area contributed by atoms with Crippen molar-refractivity contribution in [3.63, 3.8) is 0 Å². The Labute approximate surface area is 188 Å². The van der Waals surface area contributed by atoms with Crippen molar-refractivity contribution in [3.8, 4) is 0 Å². The predicted octanol–water partition coefficient (Wildman–Crippen LogP) is 4.20. The SMILES string of the molecule is C=CCn1c(CCNC(=O)c2ccccc2F)nnc1SCC(=O)c1ccc(Cl)cc1. The van der Waals surface area contributed by atoms with Gasteiger partial charge in [-0.15, -0.1) is 16.8 Å². The van der Waals surface area contributed by atoms with Crippen LogP contribution in [0.15, 0.2) is 66.3 Å². The molecule has 0 unspecified atom stereocenters. The van der Waals surface area contributed by atoms with Gasteiger partial charge in [-0.3, -0.25) is 9.59 Å². The predicted molar refractivity (Wildman–Crippen MR) is 119 cm³/mol. The Bertz CT molecular complexity index is 1090. The van der Waals surface area contributed by atoms with Gasteiger partial charge in [-0.2, -0.15) is 0 Å². The van der Waals surface area contributed by atoms with Crippen molar-refractivity contribution in [3.05, 3.63) is 89.0 Å². The molecule has 1 aromatic heterocycles. The molecule has 0 radical (unpaired) electrons. The first kappa shape index (κ1) is 22.7. The van der Waals surface area contributed by atoms with Gasteiger partial charge in [-0.25, -0.2) is 4.39 Å². The van der Waals surface area contributed by atoms with Gasteiger partial charge < -0.3 is 9.88 Å². The zero-order chi connectivity index (χ0) is 22.2. The van der Waals surface area contributed by atoms with Crippen molar-refractivity contribution in [2.45, 2.75) is 18.1 Å². The molecule has 6 nitrogen and oxygen atoms in total. The van der Waals surface area contributed by atoms with E-state index in [-0.39, 0.29) is 23.6 Å². The molecule has 2 aromatic carbocycles. The number of thioether (sulfide) groups is 1. The molecular weight excluding hydrogens is 439 g/mol. The molecule has 0 aliphatic rings. The first-order valence-corrected chi connectivity index (χ1v) is 10.8. The van der Waals surface area contributed by atoms with Crippen molar-refractivity contribution in [2.24, 2.45) is 0 Å². The third kappa shape index (κ3) is 6.02. The number of hydrogen-bond acceptors (Lipinski definition) is 5. The van der Waals surface area contributed by atoms with E-state index < -0.39 is 11.7 Å². The maximum absolute atomic E-state index is 13.7. The van der Waals surface area contributed by atoms with E-state index in [1.54, 1.807) is 36.4 Å². The Morgan fingerprint density at radius 2 is 1.90 bits per heavy atom. The fraction of sp³-hybridized carbons (Fsp3) is 0.182. The van der Waals surface area contributed by atoms with Crippen LogP contribution < -0.4 is 5.32 Å². The van der Waals surface area contributed by atoms with Crippen LogP contribution in [-0.4, -0.2) is 38.8 Å². The number of benzene rings is 2. The lowest BCUT2D eigenvalue weighted by Gasteiger charge is -2.09. The molecule has 1 N–H and O–H groups in total. The minimum atomic E-state index is -0.570. The Hall–Kier alpha value is -2.97. The Morgan fingerprint density at radius 1 is 1.16 bits per heavy atom. The second-order valence-electron chi connectivity index (χ2n) is 6.50. The molecule has 0 aliphatic carbocycles.